The molecule has 0 aromatic carbocycles. The summed E-state index contributed by atoms with van der Waals surface area (Å²) in [6, 6.07) is 1.74. The van der Waals surface area contributed by atoms with Crippen LogP contribution in [-0.2, 0) is 6.18 Å². The fourth-order valence-electron chi connectivity index (χ4n) is 0.772. The van der Waals surface area contributed by atoms with Gasteiger partial charge in [0.15, 0.2) is 5.82 Å². The van der Waals surface area contributed by atoms with Crippen LogP contribution < -0.4 is 0 Å². The third-order valence-electron chi connectivity index (χ3n) is 1.34. The lowest BCUT2D eigenvalue weighted by Crippen LogP contribution is -2.04. The summed E-state index contributed by atoms with van der Waals surface area (Å²) in [4.78, 5) is 7.23. The zero-order valence-electron chi connectivity index (χ0n) is 6.82. The summed E-state index contributed by atoms with van der Waals surface area (Å²) in [5.41, 5.74) is -0.774. The second kappa shape index (κ2) is 4.28. The second-order valence-corrected chi connectivity index (χ2v) is 2.59. The third kappa shape index (κ3) is 2.88. The Morgan fingerprint density at radius 1 is 1.43 bits per heavy atom. The summed E-state index contributed by atoms with van der Waals surface area (Å²) in [7, 11) is 0. The van der Waals surface area contributed by atoms with Gasteiger partial charge in [0.05, 0.1) is 5.56 Å². The molecule has 0 unspecified atom stereocenters. The highest BCUT2D eigenvalue weighted by Gasteiger charge is 2.30. The van der Waals surface area contributed by atoms with E-state index < -0.39 is 11.7 Å². The summed E-state index contributed by atoms with van der Waals surface area (Å²) in [5.74, 6) is -0.0130. The van der Waals surface area contributed by atoms with E-state index in [1.54, 1.807) is 0 Å². The summed E-state index contributed by atoms with van der Waals surface area (Å²) in [6.45, 7) is 0. The van der Waals surface area contributed by atoms with Crippen molar-refractivity contribution in [1.29, 1.82) is 0 Å². The van der Waals surface area contributed by atoms with Gasteiger partial charge in [-0.1, -0.05) is 12.2 Å². The van der Waals surface area contributed by atoms with Crippen molar-refractivity contribution in [2.45, 2.75) is 6.18 Å². The molecule has 0 fully saturated rings. The lowest BCUT2D eigenvalue weighted by atomic mass is 10.2. The maximum absolute atomic E-state index is 12.2. The Balaban J connectivity index is 3.01. The fourth-order valence-corrected chi connectivity index (χ4v) is 0.833. The third-order valence-corrected chi connectivity index (χ3v) is 1.46. The van der Waals surface area contributed by atoms with Crippen LogP contribution in [0.5, 0.6) is 0 Å². The molecule has 0 saturated carbocycles. The van der Waals surface area contributed by atoms with Gasteiger partial charge >= 0.3 is 6.18 Å². The SMILES string of the molecule is FC(F)(F)c1ccnc(N=CC=S)c1. The topological polar surface area (TPSA) is 25.2 Å². The molecule has 0 saturated heterocycles. The van der Waals surface area contributed by atoms with Crippen molar-refractivity contribution in [3.8, 4) is 0 Å². The van der Waals surface area contributed by atoms with Gasteiger partial charge in [0.25, 0.3) is 0 Å². The number of aliphatic imine (C=N–C) groups is 1. The largest absolute Gasteiger partial charge is 0.416 e. The maximum Gasteiger partial charge on any atom is 0.416 e. The normalized spacial score (nSPS) is 11.9. The van der Waals surface area contributed by atoms with Crippen LogP contribution in [0.15, 0.2) is 23.3 Å². The second-order valence-electron chi connectivity index (χ2n) is 2.31. The van der Waals surface area contributed by atoms with Crippen molar-refractivity contribution in [2.75, 3.05) is 0 Å². The van der Waals surface area contributed by atoms with Gasteiger partial charge in [0.2, 0.25) is 0 Å². The number of hydrogen-bond donors (Lipinski definition) is 0. The van der Waals surface area contributed by atoms with Crippen LogP contribution in [0.2, 0.25) is 0 Å². The first-order valence-corrected chi connectivity index (χ1v) is 4.02. The highest BCUT2D eigenvalue weighted by atomic mass is 32.1. The average molecular weight is 218 g/mol. The van der Waals surface area contributed by atoms with E-state index in [-0.39, 0.29) is 5.82 Å². The molecule has 0 aliphatic rings. The fraction of sp³-hybridized carbons (Fsp3) is 0.125. The minimum Gasteiger partial charge on any atom is -0.237 e. The number of rotatable bonds is 2. The first-order chi connectivity index (χ1) is 6.54. The van der Waals surface area contributed by atoms with Crippen LogP contribution >= 0.6 is 12.2 Å². The molecule has 0 spiro atoms. The number of alkyl halides is 3. The zero-order chi connectivity index (χ0) is 10.6. The molecule has 6 heteroatoms. The predicted molar refractivity (Wildman–Crippen MR) is 51.0 cm³/mol. The van der Waals surface area contributed by atoms with Gasteiger partial charge < -0.3 is 0 Å². The van der Waals surface area contributed by atoms with E-state index >= 15 is 0 Å². The smallest absolute Gasteiger partial charge is 0.237 e. The van der Waals surface area contributed by atoms with Crippen LogP contribution in [0.25, 0.3) is 0 Å². The highest BCUT2D eigenvalue weighted by Crippen LogP contribution is 2.30. The maximum atomic E-state index is 12.2. The standard InChI is InChI=1S/C8H5F3N2S/c9-8(10,11)6-1-2-12-7(5-6)13-3-4-14/h1-5H. The van der Waals surface area contributed by atoms with E-state index in [1.165, 1.54) is 11.6 Å². The molecule has 74 valence electrons. The summed E-state index contributed by atoms with van der Waals surface area (Å²) in [6.07, 6.45) is -2.11. The van der Waals surface area contributed by atoms with Crippen molar-refractivity contribution < 1.29 is 13.2 Å². The minimum absolute atomic E-state index is 0.0130. The molecule has 2 nitrogen and oxygen atoms in total. The summed E-state index contributed by atoms with van der Waals surface area (Å²) >= 11 is 4.43. The Morgan fingerprint density at radius 2 is 2.14 bits per heavy atom. The molecule has 0 bridgehead atoms. The Hall–Kier alpha value is -1.30. The lowest BCUT2D eigenvalue weighted by molar-refractivity contribution is -0.137. The molecule has 0 amide bonds. The predicted octanol–water partition coefficient (Wildman–Crippen LogP) is 2.80. The summed E-state index contributed by atoms with van der Waals surface area (Å²) < 4.78 is 36.5. The highest BCUT2D eigenvalue weighted by molar-refractivity contribution is 7.80. The molecular formula is C8H5F3N2S. The van der Waals surface area contributed by atoms with Crippen molar-refractivity contribution in [2.24, 2.45) is 4.99 Å². The van der Waals surface area contributed by atoms with Gasteiger partial charge in [0.1, 0.15) is 0 Å². The van der Waals surface area contributed by atoms with Crippen molar-refractivity contribution in [3.05, 3.63) is 23.9 Å². The molecular weight excluding hydrogens is 213 g/mol. The van der Waals surface area contributed by atoms with Gasteiger partial charge in [-0.05, 0) is 12.1 Å². The van der Waals surface area contributed by atoms with Gasteiger partial charge in [-0.3, -0.25) is 0 Å². The van der Waals surface area contributed by atoms with Crippen LogP contribution in [0.3, 0.4) is 0 Å². The molecule has 1 heterocycles. The molecule has 0 radical (unpaired) electrons. The number of pyridine rings is 1. The Bertz CT molecular complexity index is 360. The van der Waals surface area contributed by atoms with E-state index in [4.69, 9.17) is 0 Å². The Morgan fingerprint density at radius 3 is 2.71 bits per heavy atom. The summed E-state index contributed by atoms with van der Waals surface area (Å²) in [5, 5.41) is 1.20. The molecule has 1 aromatic heterocycles. The van der Waals surface area contributed by atoms with Crippen LogP contribution in [-0.4, -0.2) is 16.6 Å². The number of halogens is 3. The molecule has 14 heavy (non-hydrogen) atoms. The van der Waals surface area contributed by atoms with E-state index in [2.05, 4.69) is 22.2 Å². The minimum atomic E-state index is -4.37. The van der Waals surface area contributed by atoms with Crippen molar-refractivity contribution >= 4 is 29.6 Å². The van der Waals surface area contributed by atoms with Gasteiger partial charge in [-0.2, -0.15) is 13.2 Å². The number of nitrogens with zero attached hydrogens (tertiary/aromatic N) is 2. The van der Waals surface area contributed by atoms with Gasteiger partial charge in [0, 0.05) is 17.8 Å². The zero-order valence-corrected chi connectivity index (χ0v) is 7.64. The van der Waals surface area contributed by atoms with Gasteiger partial charge in [-0.15, -0.1) is 0 Å². The Kier molecular flexibility index (Phi) is 3.29. The Labute approximate surface area is 83.5 Å². The number of thiocarbonyl (C=S) groups is 1. The average Bonchev–Trinajstić information content (AvgIpc) is 2.14. The molecule has 1 rings (SSSR count). The number of hydrogen-bond acceptors (Lipinski definition) is 3. The molecule has 1 aromatic rings. The molecule has 0 aliphatic carbocycles. The van der Waals surface area contributed by atoms with Crippen LogP contribution in [0, 0.1) is 0 Å². The van der Waals surface area contributed by atoms with Gasteiger partial charge in [-0.25, -0.2) is 9.98 Å². The quantitative estimate of drug-likeness (QED) is 0.563. The lowest BCUT2D eigenvalue weighted by Gasteiger charge is -2.05. The molecule has 0 atom stereocenters. The number of aromatic nitrogens is 1. The van der Waals surface area contributed by atoms with Crippen molar-refractivity contribution in [1.82, 2.24) is 4.98 Å². The monoisotopic (exact) mass is 218 g/mol. The van der Waals surface area contributed by atoms with E-state index in [0.29, 0.717) is 0 Å². The van der Waals surface area contributed by atoms with E-state index in [0.717, 1.165) is 18.3 Å². The van der Waals surface area contributed by atoms with Crippen LogP contribution in [0.4, 0.5) is 19.0 Å². The van der Waals surface area contributed by atoms with Crippen LogP contribution in [0.1, 0.15) is 5.56 Å². The van der Waals surface area contributed by atoms with Crippen molar-refractivity contribution in [3.63, 3.8) is 0 Å². The molecule has 0 aliphatic heterocycles. The molecule has 0 N–H and O–H groups in total. The first kappa shape index (κ1) is 10.8. The van der Waals surface area contributed by atoms with E-state index in [1.807, 2.05) is 0 Å². The first-order valence-electron chi connectivity index (χ1n) is 3.55. The van der Waals surface area contributed by atoms with E-state index in [9.17, 15) is 13.2 Å².